The van der Waals surface area contributed by atoms with Crippen molar-refractivity contribution < 1.29 is 70.4 Å². The van der Waals surface area contributed by atoms with Crippen LogP contribution in [0.15, 0.2) is 24.3 Å². The van der Waals surface area contributed by atoms with Gasteiger partial charge in [-0.3, -0.25) is 0 Å². The fourth-order valence-electron chi connectivity index (χ4n) is 4.78. The first-order chi connectivity index (χ1) is 25.0. The van der Waals surface area contributed by atoms with Gasteiger partial charge in [-0.15, -0.1) is 0 Å². The largest absolute Gasteiger partial charge is 2.00 e. The average molecular weight is 783 g/mol. The quantitative estimate of drug-likeness (QED) is 0.0357. The van der Waals surface area contributed by atoms with Gasteiger partial charge in [0.15, 0.2) is 23.0 Å². The van der Waals surface area contributed by atoms with Gasteiger partial charge >= 0.3 is 21.7 Å². The summed E-state index contributed by atoms with van der Waals surface area (Å²) < 4.78 is 35.7. The summed E-state index contributed by atoms with van der Waals surface area (Å²) in [5.41, 5.74) is -0.781. The van der Waals surface area contributed by atoms with Gasteiger partial charge in [0.05, 0.1) is 50.8 Å². The van der Waals surface area contributed by atoms with E-state index in [0.717, 1.165) is 77.0 Å². The van der Waals surface area contributed by atoms with Crippen LogP contribution in [0.4, 0.5) is 0 Å². The van der Waals surface area contributed by atoms with Gasteiger partial charge in [-0.1, -0.05) is 80.1 Å². The van der Waals surface area contributed by atoms with E-state index in [1.807, 2.05) is 24.3 Å². The van der Waals surface area contributed by atoms with Crippen molar-refractivity contribution in [1.29, 1.82) is 0 Å². The summed E-state index contributed by atoms with van der Waals surface area (Å²) in [5.74, 6) is 3.74. The van der Waals surface area contributed by atoms with Gasteiger partial charge in [0.1, 0.15) is 11.5 Å². The van der Waals surface area contributed by atoms with E-state index in [0.29, 0.717) is 85.3 Å². The summed E-state index contributed by atoms with van der Waals surface area (Å²) in [6.07, 6.45) is 12.0. The SMILES string of the molecule is CCCCOc1cc(OCCCC)c(OCCCC)c(C(C)(C)O[O-])c1.CCCCOc1cc(OCCCC)c(OCCCC)c(C(C)(C)O[O-])c1.[Ti+2]. The Bertz CT molecular complexity index is 1130. The molecule has 0 heterocycles. The van der Waals surface area contributed by atoms with Crippen molar-refractivity contribution in [3.63, 3.8) is 0 Å². The van der Waals surface area contributed by atoms with Crippen molar-refractivity contribution in [1.82, 2.24) is 0 Å². The van der Waals surface area contributed by atoms with Crippen molar-refractivity contribution in [3.8, 4) is 34.5 Å². The van der Waals surface area contributed by atoms with Crippen LogP contribution in [0.5, 0.6) is 34.5 Å². The third kappa shape index (κ3) is 18.8. The molecule has 0 bridgehead atoms. The minimum absolute atomic E-state index is 0. The number of ether oxygens (including phenoxy) is 6. The molecule has 0 unspecified atom stereocenters. The maximum absolute atomic E-state index is 11.3. The zero-order valence-electron chi connectivity index (χ0n) is 34.6. The van der Waals surface area contributed by atoms with Crippen molar-refractivity contribution in [2.24, 2.45) is 0 Å². The molecule has 2 aromatic carbocycles. The van der Waals surface area contributed by atoms with E-state index in [-0.39, 0.29) is 21.7 Å². The van der Waals surface area contributed by atoms with Crippen LogP contribution in [0.1, 0.15) is 157 Å². The van der Waals surface area contributed by atoms with Crippen LogP contribution in [0.25, 0.3) is 0 Å². The molecule has 10 nitrogen and oxygen atoms in total. The van der Waals surface area contributed by atoms with Crippen LogP contribution >= 0.6 is 0 Å². The third-order valence-electron chi connectivity index (χ3n) is 8.30. The molecule has 0 amide bonds. The molecule has 0 aliphatic carbocycles. The molecule has 0 aromatic heterocycles. The predicted octanol–water partition coefficient (Wildman–Crippen LogP) is 9.50. The van der Waals surface area contributed by atoms with Crippen LogP contribution in [0.3, 0.4) is 0 Å². The maximum atomic E-state index is 11.3. The molecule has 0 N–H and O–H groups in total. The summed E-state index contributed by atoms with van der Waals surface area (Å²) >= 11 is 0. The fourth-order valence-corrected chi connectivity index (χ4v) is 4.78. The Labute approximate surface area is 336 Å². The van der Waals surface area contributed by atoms with E-state index in [2.05, 4.69) is 51.3 Å². The first-order valence-electron chi connectivity index (χ1n) is 19.8. The van der Waals surface area contributed by atoms with E-state index < -0.39 is 11.2 Å². The van der Waals surface area contributed by atoms with Gasteiger partial charge in [0.2, 0.25) is 0 Å². The summed E-state index contributed by atoms with van der Waals surface area (Å²) in [4.78, 5) is 8.98. The van der Waals surface area contributed by atoms with E-state index >= 15 is 0 Å². The summed E-state index contributed by atoms with van der Waals surface area (Å²) in [6, 6.07) is 7.39. The standard InChI is InChI=1S/2C21H36O5.Ti/c2*1-6-9-12-23-17-15-18(21(4,5)26-22)20(25-14-11-8-3)19(16-17)24-13-10-7-2;/h2*15-16,22H,6-14H2,1-5H3;/q;;+2/p-2. The molecule has 0 aliphatic heterocycles. The Balaban J connectivity index is 0.00000100. The molecule has 0 aliphatic rings. The molecule has 0 spiro atoms. The zero-order valence-corrected chi connectivity index (χ0v) is 36.2. The van der Waals surface area contributed by atoms with Crippen LogP contribution < -0.4 is 38.9 Å². The van der Waals surface area contributed by atoms with Gasteiger partial charge in [-0.2, -0.15) is 0 Å². The van der Waals surface area contributed by atoms with Crippen LogP contribution in [0, 0.1) is 0 Å². The minimum atomic E-state index is -1.05. The number of hydrogen-bond acceptors (Lipinski definition) is 10. The Hall–Kier alpha value is -2.21. The molecular formula is C42H70O10Ti. The van der Waals surface area contributed by atoms with E-state index in [1.54, 1.807) is 27.7 Å². The van der Waals surface area contributed by atoms with Crippen molar-refractivity contribution >= 4 is 0 Å². The molecule has 0 radical (unpaired) electrons. The van der Waals surface area contributed by atoms with Crippen molar-refractivity contribution in [3.05, 3.63) is 35.4 Å². The number of hydrogen-bond donors (Lipinski definition) is 0. The van der Waals surface area contributed by atoms with Gasteiger partial charge in [-0.25, -0.2) is 0 Å². The Morgan fingerprint density at radius 1 is 0.415 bits per heavy atom. The Morgan fingerprint density at radius 2 is 0.679 bits per heavy atom. The molecule has 2 aromatic rings. The Kier molecular flexibility index (Phi) is 27.9. The summed E-state index contributed by atoms with van der Waals surface area (Å²) in [7, 11) is 0. The monoisotopic (exact) mass is 782 g/mol. The topological polar surface area (TPSA) is 120 Å². The smallest absolute Gasteiger partial charge is 0.723 e. The molecule has 0 saturated carbocycles. The first-order valence-corrected chi connectivity index (χ1v) is 19.8. The molecule has 2 rings (SSSR count). The van der Waals surface area contributed by atoms with E-state index in [1.165, 1.54) is 0 Å². The second-order valence-corrected chi connectivity index (χ2v) is 14.0. The second kappa shape index (κ2) is 29.1. The second-order valence-electron chi connectivity index (χ2n) is 14.0. The van der Waals surface area contributed by atoms with Crippen LogP contribution in [-0.2, 0) is 42.7 Å². The van der Waals surface area contributed by atoms with Crippen molar-refractivity contribution in [2.75, 3.05) is 39.6 Å². The Morgan fingerprint density at radius 3 is 0.943 bits per heavy atom. The van der Waals surface area contributed by atoms with E-state index in [9.17, 15) is 10.5 Å². The van der Waals surface area contributed by atoms with Gasteiger partial charge in [0.25, 0.3) is 0 Å². The van der Waals surface area contributed by atoms with Crippen LogP contribution in [-0.4, -0.2) is 39.6 Å². The average Bonchev–Trinajstić information content (AvgIpc) is 3.13. The molecule has 11 heteroatoms. The number of unbranched alkanes of at least 4 members (excludes halogenated alkanes) is 6. The number of rotatable bonds is 28. The van der Waals surface area contributed by atoms with Gasteiger partial charge in [0, 0.05) is 23.3 Å². The minimum Gasteiger partial charge on any atom is -0.723 e. The van der Waals surface area contributed by atoms with Crippen LogP contribution in [0.2, 0.25) is 0 Å². The van der Waals surface area contributed by atoms with Gasteiger partial charge < -0.3 is 48.7 Å². The summed E-state index contributed by atoms with van der Waals surface area (Å²) in [6.45, 7) is 23.2. The van der Waals surface area contributed by atoms with E-state index in [4.69, 9.17) is 28.4 Å². The predicted molar refractivity (Wildman–Crippen MR) is 204 cm³/mol. The molecule has 0 atom stereocenters. The number of benzene rings is 2. The normalized spacial score (nSPS) is 11.2. The third-order valence-corrected chi connectivity index (χ3v) is 8.30. The molecule has 0 saturated heterocycles. The van der Waals surface area contributed by atoms with Crippen molar-refractivity contribution in [2.45, 2.75) is 157 Å². The first kappa shape index (κ1) is 50.8. The molecular weight excluding hydrogens is 712 g/mol. The maximum Gasteiger partial charge on any atom is 2.00 e. The molecule has 53 heavy (non-hydrogen) atoms. The fraction of sp³-hybridized carbons (Fsp3) is 0.714. The molecule has 302 valence electrons. The van der Waals surface area contributed by atoms with Gasteiger partial charge in [-0.05, 0) is 78.4 Å². The zero-order chi connectivity index (χ0) is 38.8. The summed E-state index contributed by atoms with van der Waals surface area (Å²) in [5, 5.41) is 22.7. The molecule has 0 fully saturated rings.